The monoisotopic (exact) mass is 158 g/mol. The smallest absolute Gasteiger partial charge is 0.222 e. The maximum absolute atomic E-state index is 11.1. The third-order valence-electron chi connectivity index (χ3n) is 1.89. The standard InChI is InChI=1S/C8H18N2O/c1-6(7(2)9)5-8(11)10(3)4/h6-7H,5,9H2,1-4H3/t6-,7-/m0/s1. The van der Waals surface area contributed by atoms with Crippen LogP contribution in [-0.4, -0.2) is 30.9 Å². The first-order chi connectivity index (χ1) is 4.95. The van der Waals surface area contributed by atoms with Gasteiger partial charge in [-0.25, -0.2) is 0 Å². The number of carbonyl (C=O) groups excluding carboxylic acids is 1. The van der Waals surface area contributed by atoms with Gasteiger partial charge in [-0.3, -0.25) is 4.79 Å². The maximum atomic E-state index is 11.1. The van der Waals surface area contributed by atoms with Crippen molar-refractivity contribution in [1.29, 1.82) is 0 Å². The molecule has 2 N–H and O–H groups in total. The Labute approximate surface area is 68.6 Å². The van der Waals surface area contributed by atoms with Gasteiger partial charge in [0, 0.05) is 26.6 Å². The average Bonchev–Trinajstić information content (AvgIpc) is 1.87. The van der Waals surface area contributed by atoms with Gasteiger partial charge in [0.1, 0.15) is 0 Å². The van der Waals surface area contributed by atoms with E-state index in [2.05, 4.69) is 0 Å². The fourth-order valence-corrected chi connectivity index (χ4v) is 0.644. The van der Waals surface area contributed by atoms with E-state index in [0.29, 0.717) is 6.42 Å². The third-order valence-corrected chi connectivity index (χ3v) is 1.89. The Kier molecular flexibility index (Phi) is 4.11. The molecule has 0 bridgehead atoms. The van der Waals surface area contributed by atoms with E-state index >= 15 is 0 Å². The van der Waals surface area contributed by atoms with E-state index in [1.165, 1.54) is 0 Å². The van der Waals surface area contributed by atoms with E-state index in [1.54, 1.807) is 19.0 Å². The number of hydrogen-bond donors (Lipinski definition) is 1. The van der Waals surface area contributed by atoms with Crippen LogP contribution in [-0.2, 0) is 4.79 Å². The van der Waals surface area contributed by atoms with Crippen LogP contribution in [0.1, 0.15) is 20.3 Å². The van der Waals surface area contributed by atoms with Crippen LogP contribution in [0.4, 0.5) is 0 Å². The normalized spacial score (nSPS) is 15.7. The molecule has 0 unspecified atom stereocenters. The summed E-state index contributed by atoms with van der Waals surface area (Å²) in [6.07, 6.45) is 0.546. The molecule has 3 nitrogen and oxygen atoms in total. The fourth-order valence-electron chi connectivity index (χ4n) is 0.644. The number of carbonyl (C=O) groups is 1. The molecule has 1 amide bonds. The summed E-state index contributed by atoms with van der Waals surface area (Å²) in [5.41, 5.74) is 5.61. The zero-order valence-electron chi connectivity index (χ0n) is 7.79. The number of amides is 1. The lowest BCUT2D eigenvalue weighted by molar-refractivity contribution is -0.129. The summed E-state index contributed by atoms with van der Waals surface area (Å²) >= 11 is 0. The zero-order chi connectivity index (χ0) is 9.02. The van der Waals surface area contributed by atoms with E-state index in [0.717, 1.165) is 0 Å². The van der Waals surface area contributed by atoms with Crippen molar-refractivity contribution in [1.82, 2.24) is 4.90 Å². The summed E-state index contributed by atoms with van der Waals surface area (Å²) in [6.45, 7) is 3.92. The summed E-state index contributed by atoms with van der Waals surface area (Å²) in [6, 6.07) is 0.0962. The van der Waals surface area contributed by atoms with Gasteiger partial charge in [-0.05, 0) is 12.8 Å². The van der Waals surface area contributed by atoms with Gasteiger partial charge in [-0.15, -0.1) is 0 Å². The number of nitrogens with two attached hydrogens (primary N) is 1. The van der Waals surface area contributed by atoms with Crippen molar-refractivity contribution in [2.24, 2.45) is 11.7 Å². The second-order valence-electron chi connectivity index (χ2n) is 3.33. The molecular weight excluding hydrogens is 140 g/mol. The molecule has 0 rings (SSSR count). The molecule has 0 radical (unpaired) electrons. The highest BCUT2D eigenvalue weighted by Gasteiger charge is 2.13. The second-order valence-corrected chi connectivity index (χ2v) is 3.33. The Morgan fingerprint density at radius 1 is 1.45 bits per heavy atom. The molecule has 2 atom stereocenters. The fraction of sp³-hybridized carbons (Fsp3) is 0.875. The van der Waals surface area contributed by atoms with E-state index in [9.17, 15) is 4.79 Å². The summed E-state index contributed by atoms with van der Waals surface area (Å²) < 4.78 is 0. The predicted octanol–water partition coefficient (Wildman–Crippen LogP) is 0.448. The lowest BCUT2D eigenvalue weighted by Crippen LogP contribution is -2.30. The SMILES string of the molecule is C[C@H](N)[C@@H](C)CC(=O)N(C)C. The maximum Gasteiger partial charge on any atom is 0.222 e. The molecule has 0 spiro atoms. The van der Waals surface area contributed by atoms with Gasteiger partial charge in [0.15, 0.2) is 0 Å². The highest BCUT2D eigenvalue weighted by Crippen LogP contribution is 2.06. The average molecular weight is 158 g/mol. The van der Waals surface area contributed by atoms with Crippen molar-refractivity contribution in [3.63, 3.8) is 0 Å². The van der Waals surface area contributed by atoms with Crippen LogP contribution in [0.3, 0.4) is 0 Å². The second kappa shape index (κ2) is 4.34. The van der Waals surface area contributed by atoms with Crippen molar-refractivity contribution in [2.75, 3.05) is 14.1 Å². The Balaban J connectivity index is 3.76. The molecule has 0 aromatic rings. The predicted molar refractivity (Wildman–Crippen MR) is 46.1 cm³/mol. The van der Waals surface area contributed by atoms with Crippen LogP contribution < -0.4 is 5.73 Å². The van der Waals surface area contributed by atoms with E-state index in [-0.39, 0.29) is 17.9 Å². The highest BCUT2D eigenvalue weighted by molar-refractivity contribution is 5.75. The molecule has 11 heavy (non-hydrogen) atoms. The molecule has 0 aromatic carbocycles. The van der Waals surface area contributed by atoms with Crippen molar-refractivity contribution in [3.05, 3.63) is 0 Å². The van der Waals surface area contributed by atoms with Crippen LogP contribution in [0.15, 0.2) is 0 Å². The van der Waals surface area contributed by atoms with Crippen LogP contribution in [0.5, 0.6) is 0 Å². The van der Waals surface area contributed by atoms with Crippen LogP contribution in [0.25, 0.3) is 0 Å². The van der Waals surface area contributed by atoms with Gasteiger partial charge >= 0.3 is 0 Å². The topological polar surface area (TPSA) is 46.3 Å². The van der Waals surface area contributed by atoms with E-state index in [4.69, 9.17) is 5.73 Å². The number of nitrogens with zero attached hydrogens (tertiary/aromatic N) is 1. The number of hydrogen-bond acceptors (Lipinski definition) is 2. The quantitative estimate of drug-likeness (QED) is 0.648. The van der Waals surface area contributed by atoms with Gasteiger partial charge in [-0.1, -0.05) is 6.92 Å². The molecule has 0 aliphatic carbocycles. The highest BCUT2D eigenvalue weighted by atomic mass is 16.2. The van der Waals surface area contributed by atoms with Gasteiger partial charge in [0.2, 0.25) is 5.91 Å². The molecule has 0 aliphatic rings. The molecule has 0 aromatic heterocycles. The lowest BCUT2D eigenvalue weighted by atomic mass is 10.0. The van der Waals surface area contributed by atoms with Gasteiger partial charge in [0.05, 0.1) is 0 Å². The molecule has 3 heteroatoms. The third kappa shape index (κ3) is 3.98. The summed E-state index contributed by atoms with van der Waals surface area (Å²) in [7, 11) is 3.52. The van der Waals surface area contributed by atoms with Gasteiger partial charge in [-0.2, -0.15) is 0 Å². The lowest BCUT2D eigenvalue weighted by Gasteiger charge is -2.17. The van der Waals surface area contributed by atoms with Crippen molar-refractivity contribution in [3.8, 4) is 0 Å². The van der Waals surface area contributed by atoms with Crippen LogP contribution in [0.2, 0.25) is 0 Å². The summed E-state index contributed by atoms with van der Waals surface area (Å²) in [5.74, 6) is 0.416. The molecule has 0 fully saturated rings. The Bertz CT molecular complexity index is 132. The Morgan fingerprint density at radius 2 is 1.91 bits per heavy atom. The van der Waals surface area contributed by atoms with E-state index in [1.807, 2.05) is 13.8 Å². The van der Waals surface area contributed by atoms with Gasteiger partial charge in [0.25, 0.3) is 0 Å². The molecule has 0 aliphatic heterocycles. The largest absolute Gasteiger partial charge is 0.349 e. The molecule has 0 saturated heterocycles. The Hall–Kier alpha value is -0.570. The first-order valence-corrected chi connectivity index (χ1v) is 3.91. The van der Waals surface area contributed by atoms with Crippen molar-refractivity contribution >= 4 is 5.91 Å². The first kappa shape index (κ1) is 10.4. The molecule has 0 heterocycles. The van der Waals surface area contributed by atoms with Crippen molar-refractivity contribution in [2.45, 2.75) is 26.3 Å². The zero-order valence-corrected chi connectivity index (χ0v) is 7.79. The summed E-state index contributed by atoms with van der Waals surface area (Å²) in [4.78, 5) is 12.7. The summed E-state index contributed by atoms with van der Waals surface area (Å²) in [5, 5.41) is 0. The minimum absolute atomic E-state index is 0.0962. The Morgan fingerprint density at radius 3 is 2.18 bits per heavy atom. The van der Waals surface area contributed by atoms with Crippen LogP contribution >= 0.6 is 0 Å². The molecule has 66 valence electrons. The number of rotatable bonds is 3. The minimum Gasteiger partial charge on any atom is -0.349 e. The molecular formula is C8H18N2O. The van der Waals surface area contributed by atoms with Crippen molar-refractivity contribution < 1.29 is 4.79 Å². The van der Waals surface area contributed by atoms with Crippen LogP contribution in [0, 0.1) is 5.92 Å². The van der Waals surface area contributed by atoms with E-state index < -0.39 is 0 Å². The minimum atomic E-state index is 0.0962. The molecule has 0 saturated carbocycles. The first-order valence-electron chi connectivity index (χ1n) is 3.91. The van der Waals surface area contributed by atoms with Gasteiger partial charge < -0.3 is 10.6 Å².